The summed E-state index contributed by atoms with van der Waals surface area (Å²) >= 11 is 0. The topological polar surface area (TPSA) is 109 Å². The monoisotopic (exact) mass is 354 g/mol. The number of ether oxygens (including phenoxy) is 1. The molecule has 8 heteroatoms. The first-order valence-electron chi connectivity index (χ1n) is 7.94. The molecule has 0 atom stereocenters. The lowest BCUT2D eigenvalue weighted by atomic mass is 10.2. The lowest BCUT2D eigenvalue weighted by Crippen LogP contribution is -2.41. The van der Waals surface area contributed by atoms with Crippen LogP contribution in [-0.2, 0) is 6.61 Å². The number of hydrogen-bond acceptors (Lipinski definition) is 5. The van der Waals surface area contributed by atoms with Crippen LogP contribution in [0.2, 0.25) is 0 Å². The maximum atomic E-state index is 12.4. The summed E-state index contributed by atoms with van der Waals surface area (Å²) in [4.78, 5) is 27.0. The number of H-pyrrole nitrogens is 1. The zero-order valence-electron chi connectivity index (χ0n) is 14.3. The van der Waals surface area contributed by atoms with Gasteiger partial charge in [-0.3, -0.25) is 20.4 Å². The van der Waals surface area contributed by atoms with Crippen molar-refractivity contribution >= 4 is 11.8 Å². The van der Waals surface area contributed by atoms with Crippen LogP contribution in [0, 0.1) is 13.8 Å². The fraction of sp³-hybridized carbons (Fsp3) is 0.167. The summed E-state index contributed by atoms with van der Waals surface area (Å²) in [6.07, 6.45) is 1.62. The van der Waals surface area contributed by atoms with Crippen LogP contribution >= 0.6 is 0 Å². The van der Waals surface area contributed by atoms with Gasteiger partial charge in [0.2, 0.25) is 0 Å². The molecule has 0 bridgehead atoms. The molecule has 2 amide bonds. The van der Waals surface area contributed by atoms with E-state index < -0.39 is 11.8 Å². The second kappa shape index (κ2) is 7.56. The largest absolute Gasteiger partial charge is 0.488 e. The summed E-state index contributed by atoms with van der Waals surface area (Å²) in [5.41, 5.74) is 6.93. The van der Waals surface area contributed by atoms with E-state index in [1.54, 1.807) is 49.5 Å². The molecule has 0 saturated heterocycles. The van der Waals surface area contributed by atoms with Crippen molar-refractivity contribution in [2.75, 3.05) is 0 Å². The van der Waals surface area contributed by atoms with Gasteiger partial charge >= 0.3 is 0 Å². The van der Waals surface area contributed by atoms with Crippen LogP contribution in [0.25, 0.3) is 0 Å². The average molecular weight is 354 g/mol. The molecule has 3 aromatic rings. The van der Waals surface area contributed by atoms with Gasteiger partial charge in [-0.25, -0.2) is 0 Å². The lowest BCUT2D eigenvalue weighted by molar-refractivity contribution is 0.0841. The van der Waals surface area contributed by atoms with Crippen LogP contribution in [0.1, 0.15) is 37.9 Å². The molecule has 2 aromatic heterocycles. The number of amides is 2. The van der Waals surface area contributed by atoms with Gasteiger partial charge in [0.15, 0.2) is 0 Å². The number of nitrogens with one attached hydrogen (secondary N) is 3. The Labute approximate surface area is 149 Å². The molecule has 0 spiro atoms. The Balaban J connectivity index is 1.66. The first kappa shape index (κ1) is 17.3. The standard InChI is InChI=1S/C18H18N4O4/c1-11-14(12(2)26-22-11)10-25-16-8-4-3-6-13(16)17(23)20-21-18(24)15-7-5-9-19-15/h3-9,19H,10H2,1-2H3,(H,20,23)(H,21,24). The Kier molecular flexibility index (Phi) is 5.02. The number of carbonyl (C=O) groups excluding carboxylic acids is 2. The van der Waals surface area contributed by atoms with Crippen molar-refractivity contribution in [2.45, 2.75) is 20.5 Å². The fourth-order valence-corrected chi connectivity index (χ4v) is 2.36. The molecule has 0 aliphatic rings. The molecule has 1 aromatic carbocycles. The van der Waals surface area contributed by atoms with Gasteiger partial charge in [-0.2, -0.15) is 0 Å². The second-order valence-corrected chi connectivity index (χ2v) is 5.58. The van der Waals surface area contributed by atoms with E-state index in [1.807, 2.05) is 6.92 Å². The maximum Gasteiger partial charge on any atom is 0.286 e. The number of hydrazine groups is 1. The number of aromatic amines is 1. The van der Waals surface area contributed by atoms with E-state index >= 15 is 0 Å². The van der Waals surface area contributed by atoms with Gasteiger partial charge in [0.05, 0.1) is 16.8 Å². The molecule has 0 saturated carbocycles. The number of rotatable bonds is 5. The number of aryl methyl sites for hydroxylation is 2. The minimum atomic E-state index is -0.487. The fourth-order valence-electron chi connectivity index (χ4n) is 2.36. The van der Waals surface area contributed by atoms with E-state index in [1.165, 1.54) is 0 Å². The number of hydrogen-bond donors (Lipinski definition) is 3. The summed E-state index contributed by atoms with van der Waals surface area (Å²) in [5.74, 6) is 0.124. The van der Waals surface area contributed by atoms with Crippen LogP contribution < -0.4 is 15.6 Å². The molecule has 0 fully saturated rings. The minimum absolute atomic E-state index is 0.223. The third kappa shape index (κ3) is 3.75. The van der Waals surface area contributed by atoms with Crippen molar-refractivity contribution in [1.29, 1.82) is 0 Å². The van der Waals surface area contributed by atoms with Crippen molar-refractivity contribution < 1.29 is 18.8 Å². The molecule has 8 nitrogen and oxygen atoms in total. The third-order valence-electron chi connectivity index (χ3n) is 3.82. The maximum absolute atomic E-state index is 12.4. The highest BCUT2D eigenvalue weighted by Gasteiger charge is 2.16. The SMILES string of the molecule is Cc1noc(C)c1COc1ccccc1C(=O)NNC(=O)c1ccc[nH]1. The number of nitrogens with zero attached hydrogens (tertiary/aromatic N) is 1. The summed E-state index contributed by atoms with van der Waals surface area (Å²) in [7, 11) is 0. The molecule has 3 rings (SSSR count). The summed E-state index contributed by atoms with van der Waals surface area (Å²) < 4.78 is 10.9. The predicted octanol–water partition coefficient (Wildman–Crippen LogP) is 2.27. The first-order valence-corrected chi connectivity index (χ1v) is 7.94. The van der Waals surface area contributed by atoms with E-state index in [4.69, 9.17) is 9.26 Å². The van der Waals surface area contributed by atoms with Gasteiger partial charge in [0, 0.05) is 6.20 Å². The number of aromatic nitrogens is 2. The van der Waals surface area contributed by atoms with Crippen LogP contribution in [0.3, 0.4) is 0 Å². The zero-order chi connectivity index (χ0) is 18.5. The Morgan fingerprint density at radius 2 is 1.88 bits per heavy atom. The van der Waals surface area contributed by atoms with Crippen molar-refractivity contribution in [1.82, 2.24) is 21.0 Å². The van der Waals surface area contributed by atoms with Gasteiger partial charge < -0.3 is 14.2 Å². The highest BCUT2D eigenvalue weighted by Crippen LogP contribution is 2.21. The quantitative estimate of drug-likeness (QED) is 0.609. The number of benzene rings is 1. The lowest BCUT2D eigenvalue weighted by Gasteiger charge is -2.12. The van der Waals surface area contributed by atoms with Gasteiger partial charge in [-0.05, 0) is 38.1 Å². The molecule has 134 valence electrons. The highest BCUT2D eigenvalue weighted by atomic mass is 16.5. The van der Waals surface area contributed by atoms with E-state index in [0.29, 0.717) is 22.8 Å². The third-order valence-corrected chi connectivity index (χ3v) is 3.82. The summed E-state index contributed by atoms with van der Waals surface area (Å²) in [6, 6.07) is 10.1. The molecule has 2 heterocycles. The molecule has 0 unspecified atom stereocenters. The van der Waals surface area contributed by atoms with Crippen LogP contribution in [0.5, 0.6) is 5.75 Å². The Morgan fingerprint density at radius 1 is 1.12 bits per heavy atom. The molecule has 0 radical (unpaired) electrons. The van der Waals surface area contributed by atoms with Crippen LogP contribution in [0.15, 0.2) is 47.1 Å². The summed E-state index contributed by atoms with van der Waals surface area (Å²) in [5, 5.41) is 3.87. The van der Waals surface area contributed by atoms with Crippen LogP contribution in [0.4, 0.5) is 0 Å². The molecule has 0 aliphatic heterocycles. The summed E-state index contributed by atoms with van der Waals surface area (Å²) in [6.45, 7) is 3.84. The number of carbonyl (C=O) groups is 2. The molecule has 0 aliphatic carbocycles. The van der Waals surface area contributed by atoms with Crippen molar-refractivity contribution in [3.05, 3.63) is 70.9 Å². The van der Waals surface area contributed by atoms with E-state index in [9.17, 15) is 9.59 Å². The predicted molar refractivity (Wildman–Crippen MR) is 92.5 cm³/mol. The van der Waals surface area contributed by atoms with Gasteiger partial charge in [0.1, 0.15) is 23.8 Å². The van der Waals surface area contributed by atoms with Gasteiger partial charge in [0.25, 0.3) is 11.8 Å². The van der Waals surface area contributed by atoms with Gasteiger partial charge in [-0.15, -0.1) is 0 Å². The van der Waals surface area contributed by atoms with E-state index in [-0.39, 0.29) is 6.61 Å². The second-order valence-electron chi connectivity index (χ2n) is 5.58. The highest BCUT2D eigenvalue weighted by molar-refractivity contribution is 5.99. The molecular weight excluding hydrogens is 336 g/mol. The molecule has 3 N–H and O–H groups in total. The molecular formula is C18H18N4O4. The van der Waals surface area contributed by atoms with Gasteiger partial charge in [-0.1, -0.05) is 17.3 Å². The zero-order valence-corrected chi connectivity index (χ0v) is 14.3. The van der Waals surface area contributed by atoms with Crippen molar-refractivity contribution in [2.24, 2.45) is 0 Å². The van der Waals surface area contributed by atoms with Crippen LogP contribution in [-0.4, -0.2) is 22.0 Å². The Bertz CT molecular complexity index is 896. The first-order chi connectivity index (χ1) is 12.6. The smallest absolute Gasteiger partial charge is 0.286 e. The average Bonchev–Trinajstić information content (AvgIpc) is 3.29. The Morgan fingerprint density at radius 3 is 2.58 bits per heavy atom. The normalized spacial score (nSPS) is 10.4. The van der Waals surface area contributed by atoms with E-state index in [2.05, 4.69) is 21.0 Å². The molecule has 26 heavy (non-hydrogen) atoms. The Hall–Kier alpha value is -3.55. The van der Waals surface area contributed by atoms with Crippen molar-refractivity contribution in [3.8, 4) is 5.75 Å². The minimum Gasteiger partial charge on any atom is -0.488 e. The van der Waals surface area contributed by atoms with E-state index in [0.717, 1.165) is 11.3 Å². The van der Waals surface area contributed by atoms with Crippen molar-refractivity contribution in [3.63, 3.8) is 0 Å². The number of para-hydroxylation sites is 1.